The predicted octanol–water partition coefficient (Wildman–Crippen LogP) is 30.8. The van der Waals surface area contributed by atoms with Gasteiger partial charge in [-0.15, -0.1) is 0 Å². The van der Waals surface area contributed by atoms with Gasteiger partial charge in [-0.2, -0.15) is 5.26 Å². The summed E-state index contributed by atoms with van der Waals surface area (Å²) in [5.74, 6) is 0.718. The summed E-state index contributed by atoms with van der Waals surface area (Å²) in [7, 11) is 0. The Hall–Kier alpha value is -18.8. The third-order valence-corrected chi connectivity index (χ3v) is 26.1. The summed E-state index contributed by atoms with van der Waals surface area (Å²) in [5, 5.41) is 30.7. The van der Waals surface area contributed by atoms with Crippen molar-refractivity contribution in [3.05, 3.63) is 460 Å². The zero-order valence-corrected chi connectivity index (χ0v) is 72.5. The molecule has 0 amide bonds. The molecule has 0 fully saturated rings. The van der Waals surface area contributed by atoms with Crippen molar-refractivity contribution in [1.29, 1.82) is 5.26 Å². The lowest BCUT2D eigenvalue weighted by molar-refractivity contribution is 1.16. The summed E-state index contributed by atoms with van der Waals surface area (Å²) in [6.45, 7) is 7.33. The van der Waals surface area contributed by atoms with Crippen LogP contribution in [0.5, 0.6) is 0 Å². The smallest absolute Gasteiger partial charge is 0.198 e. The molecule has 0 saturated carbocycles. The molecule has 13 heteroatoms. The van der Waals surface area contributed by atoms with Crippen LogP contribution in [0.1, 0.15) is 5.56 Å². The van der Waals surface area contributed by atoms with Gasteiger partial charge in [-0.05, 0) is 174 Å². The lowest BCUT2D eigenvalue weighted by Gasteiger charge is -2.16. The van der Waals surface area contributed by atoms with E-state index in [2.05, 4.69) is 368 Å². The van der Waals surface area contributed by atoms with E-state index in [9.17, 15) is 5.26 Å². The van der Waals surface area contributed by atoms with Crippen LogP contribution in [0.3, 0.4) is 0 Å². The van der Waals surface area contributed by atoms with E-state index in [0.717, 1.165) is 139 Å². The lowest BCUT2D eigenvalue weighted by Crippen LogP contribution is -2.00. The minimum atomic E-state index is 0.481. The van der Waals surface area contributed by atoms with Crippen molar-refractivity contribution in [3.8, 4) is 102 Å². The first-order valence-electron chi connectivity index (χ1n) is 44.9. The molecule has 0 aliphatic heterocycles. The molecule has 0 unspecified atom stereocenters. The minimum Gasteiger partial charge on any atom is -0.309 e. The number of aromatic nitrogens is 11. The Kier molecular flexibility index (Phi) is 19.0. The van der Waals surface area contributed by atoms with E-state index in [1.807, 2.05) is 84.9 Å². The normalized spacial score (nSPS) is 11.5. The van der Waals surface area contributed by atoms with Crippen LogP contribution in [0, 0.1) is 17.9 Å². The fourth-order valence-corrected chi connectivity index (χ4v) is 19.7. The number of nitriles is 1. The highest BCUT2D eigenvalue weighted by molar-refractivity contribution is 6.18. The number of para-hydroxylation sites is 6. The summed E-state index contributed by atoms with van der Waals surface area (Å²) in [6, 6.07) is 153. The first-order chi connectivity index (χ1) is 66.8. The van der Waals surface area contributed by atoms with Gasteiger partial charge in [0, 0.05) is 89.0 Å². The predicted molar refractivity (Wildman–Crippen MR) is 554 cm³/mol. The SMILES string of the molecule is N#Cc1cc(-c2nc3ccccc3nc2-c2ccccc2)ccc1-n1c2ccccc2c2cc3ccccc3cc21.[C-]#[N+]c1ccc(-c2nc3nccnc3nc2-c2ccc3cc(-n4c5ccccc5c5cc6ccccc6cc54)ccc3c2)cc1.c1ccc(-c2ccc(-c3nc(-c4ccc(-n5c6ccccc6c6cc7ccccc7cc65)c5ccccc45)c4ccccc4n3)cc2)cc1. The maximum Gasteiger partial charge on any atom is 0.198 e. The second-order valence-corrected chi connectivity index (χ2v) is 33.9. The summed E-state index contributed by atoms with van der Waals surface area (Å²) in [6.07, 6.45) is 3.25. The molecule has 0 aliphatic rings. The van der Waals surface area contributed by atoms with Crippen LogP contribution in [-0.4, -0.2) is 53.6 Å². The molecule has 0 bridgehead atoms. The van der Waals surface area contributed by atoms with Crippen LogP contribution in [0.15, 0.2) is 443 Å². The molecule has 0 atom stereocenters. The molecule has 0 saturated heterocycles. The van der Waals surface area contributed by atoms with Gasteiger partial charge in [-0.1, -0.05) is 322 Å². The number of fused-ring (bicyclic) bond motifs is 17. The number of hydrogen-bond acceptors (Lipinski definition) is 9. The summed E-state index contributed by atoms with van der Waals surface area (Å²) < 4.78 is 7.01. The third-order valence-electron chi connectivity index (χ3n) is 26.1. The summed E-state index contributed by atoms with van der Waals surface area (Å²) in [5.41, 5.74) is 26.7. The average Bonchev–Trinajstić information content (AvgIpc) is 1.56. The highest BCUT2D eigenvalue weighted by Gasteiger charge is 2.25. The molecule has 7 aromatic heterocycles. The zero-order chi connectivity index (χ0) is 89.6. The molecule has 626 valence electrons. The molecule has 27 rings (SSSR count). The quantitative estimate of drug-likeness (QED) is 0.122. The highest BCUT2D eigenvalue weighted by Crippen LogP contribution is 2.45. The first-order valence-corrected chi connectivity index (χ1v) is 44.9. The van der Waals surface area contributed by atoms with Gasteiger partial charge in [-0.3, -0.25) is 0 Å². The van der Waals surface area contributed by atoms with Gasteiger partial charge in [0.15, 0.2) is 22.8 Å². The van der Waals surface area contributed by atoms with E-state index in [1.165, 1.54) is 92.4 Å². The first kappa shape index (κ1) is 78.4. The molecule has 0 N–H and O–H groups in total. The van der Waals surface area contributed by atoms with E-state index in [-0.39, 0.29) is 0 Å². The van der Waals surface area contributed by atoms with Gasteiger partial charge >= 0.3 is 0 Å². The molecule has 13 nitrogen and oxygen atoms in total. The Morgan fingerprint density at radius 1 is 0.237 bits per heavy atom. The van der Waals surface area contributed by atoms with Gasteiger partial charge in [-0.25, -0.2) is 44.7 Å². The lowest BCUT2D eigenvalue weighted by atomic mass is 9.97. The van der Waals surface area contributed by atoms with E-state index in [1.54, 1.807) is 24.5 Å². The number of benzene rings is 20. The van der Waals surface area contributed by atoms with Crippen molar-refractivity contribution >= 4 is 158 Å². The van der Waals surface area contributed by atoms with Crippen molar-refractivity contribution in [3.63, 3.8) is 0 Å². The molecule has 20 aromatic carbocycles. The van der Waals surface area contributed by atoms with Crippen LogP contribution in [-0.2, 0) is 0 Å². The van der Waals surface area contributed by atoms with Crippen LogP contribution in [0.2, 0.25) is 0 Å². The number of rotatable bonds is 10. The molecule has 0 aliphatic carbocycles. The van der Waals surface area contributed by atoms with Crippen LogP contribution >= 0.6 is 0 Å². The second-order valence-electron chi connectivity index (χ2n) is 33.9. The molecule has 7 heterocycles. The van der Waals surface area contributed by atoms with E-state index in [4.69, 9.17) is 36.5 Å². The van der Waals surface area contributed by atoms with Crippen molar-refractivity contribution in [1.82, 2.24) is 53.6 Å². The maximum absolute atomic E-state index is 10.5. The van der Waals surface area contributed by atoms with Crippen molar-refractivity contribution < 1.29 is 0 Å². The molecule has 0 radical (unpaired) electrons. The Labute approximate surface area is 773 Å². The Morgan fingerprint density at radius 2 is 0.622 bits per heavy atom. The average molecular weight is 1720 g/mol. The van der Waals surface area contributed by atoms with Crippen molar-refractivity contribution in [2.75, 3.05) is 0 Å². The molecule has 27 aromatic rings. The van der Waals surface area contributed by atoms with Gasteiger partial charge < -0.3 is 13.7 Å². The van der Waals surface area contributed by atoms with Crippen molar-refractivity contribution in [2.45, 2.75) is 0 Å². The number of nitrogens with zero attached hydrogens (tertiary/aromatic N) is 13. The fourth-order valence-electron chi connectivity index (χ4n) is 19.7. The van der Waals surface area contributed by atoms with Crippen molar-refractivity contribution in [2.24, 2.45) is 0 Å². The van der Waals surface area contributed by atoms with Gasteiger partial charge in [0.2, 0.25) is 0 Å². The molecular weight excluding hydrogens is 1650 g/mol. The zero-order valence-electron chi connectivity index (χ0n) is 72.5. The molecule has 135 heavy (non-hydrogen) atoms. The maximum atomic E-state index is 10.5. The standard InChI is InChI=1S/C46H29N3.C39H22N6.C37H22N4/c1-2-12-30(13-3-1)31-22-24-32(25-23-31)46-47-41-20-10-8-19-39(41)45(48-46)38-26-27-43(36-17-7-6-16-35(36)38)49-42-21-11-9-18-37(42)40-28-33-14-4-5-15-34(33)29-44(40)49;1-40-30-15-12-24(13-16-30)36-37(44-39-38(43-36)41-18-19-42-39)29-11-10-28-21-31(17-14-27(28)20-29)45-34-9-5-4-8-32(34)33-22-25-6-2-3-7-26(25)23-35(33)45;38-23-28-20-27(37-36(24-10-2-1-3-11-24)39-31-15-7-8-16-32(31)40-37)18-19-33(28)41-34-17-9-6-14-29(34)30-21-25-12-4-5-13-26(25)22-35(30)41/h1-29H;2-23H;1-22H. The van der Waals surface area contributed by atoms with Crippen LogP contribution in [0.25, 0.3) is 253 Å². The van der Waals surface area contributed by atoms with Gasteiger partial charge in [0.25, 0.3) is 0 Å². The fraction of sp³-hybridized carbons (Fsp3) is 0. The van der Waals surface area contributed by atoms with Crippen LogP contribution < -0.4 is 0 Å². The van der Waals surface area contributed by atoms with Crippen LogP contribution in [0.4, 0.5) is 5.69 Å². The van der Waals surface area contributed by atoms with E-state index >= 15 is 0 Å². The Morgan fingerprint density at radius 3 is 1.19 bits per heavy atom. The topological polar surface area (TPSA) is 146 Å². The van der Waals surface area contributed by atoms with E-state index < -0.39 is 0 Å². The van der Waals surface area contributed by atoms with Gasteiger partial charge in [0.05, 0.1) is 102 Å². The number of hydrogen-bond donors (Lipinski definition) is 0. The van der Waals surface area contributed by atoms with E-state index in [0.29, 0.717) is 28.2 Å². The largest absolute Gasteiger partial charge is 0.309 e. The third kappa shape index (κ3) is 13.8. The second kappa shape index (κ2) is 32.7. The monoisotopic (exact) mass is 1720 g/mol. The minimum absolute atomic E-state index is 0.481. The molecule has 0 spiro atoms. The summed E-state index contributed by atoms with van der Waals surface area (Å²) in [4.78, 5) is 42.5. The Balaban J connectivity index is 0.000000108. The molecular formula is C122H73N13. The summed E-state index contributed by atoms with van der Waals surface area (Å²) >= 11 is 0. The Bertz CT molecular complexity index is 9610. The van der Waals surface area contributed by atoms with Gasteiger partial charge in [0.1, 0.15) is 6.07 Å². The highest BCUT2D eigenvalue weighted by atomic mass is 15.0.